The Morgan fingerprint density at radius 1 is 1.22 bits per heavy atom. The number of hydrogen-bond donors (Lipinski definition) is 1. The summed E-state index contributed by atoms with van der Waals surface area (Å²) in [6.45, 7) is 3.71. The number of quaternary nitrogens is 1. The molecule has 0 saturated heterocycles. The molecule has 1 aliphatic rings. The molecule has 0 amide bonds. The van der Waals surface area contributed by atoms with Crippen molar-refractivity contribution in [3.05, 3.63) is 23.8 Å². The quantitative estimate of drug-likeness (QED) is 0.839. The summed E-state index contributed by atoms with van der Waals surface area (Å²) in [6, 6.07) is 7.06. The number of rotatable bonds is 6. The van der Waals surface area contributed by atoms with Crippen molar-refractivity contribution in [2.24, 2.45) is 0 Å². The molecule has 1 fully saturated rings. The third kappa shape index (κ3) is 3.39. The first-order chi connectivity index (χ1) is 8.83. The zero-order valence-electron chi connectivity index (χ0n) is 11.4. The van der Waals surface area contributed by atoms with E-state index >= 15 is 0 Å². The van der Waals surface area contributed by atoms with Crippen molar-refractivity contribution >= 4 is 0 Å². The Kier molecular flexibility index (Phi) is 4.88. The summed E-state index contributed by atoms with van der Waals surface area (Å²) in [5.41, 5.74) is 1.31. The molecule has 0 unspecified atom stereocenters. The summed E-state index contributed by atoms with van der Waals surface area (Å²) in [7, 11) is 1.68. The molecule has 3 heteroatoms. The highest BCUT2D eigenvalue weighted by atomic mass is 16.5. The van der Waals surface area contributed by atoms with Gasteiger partial charge in [-0.1, -0.05) is 0 Å². The molecule has 0 aromatic heterocycles. The third-order valence-electron chi connectivity index (χ3n) is 3.61. The normalized spacial score (nSPS) is 15.9. The van der Waals surface area contributed by atoms with Crippen molar-refractivity contribution in [2.75, 3.05) is 13.7 Å². The molecule has 2 rings (SSSR count). The molecule has 1 aromatic rings. The van der Waals surface area contributed by atoms with Crippen LogP contribution >= 0.6 is 0 Å². The zero-order valence-corrected chi connectivity index (χ0v) is 11.4. The Morgan fingerprint density at radius 2 is 2.00 bits per heavy atom. The van der Waals surface area contributed by atoms with Crippen LogP contribution in [-0.2, 0) is 6.54 Å². The molecule has 0 spiro atoms. The summed E-state index contributed by atoms with van der Waals surface area (Å²) in [6.07, 6.45) is 5.53. The van der Waals surface area contributed by atoms with Gasteiger partial charge in [-0.2, -0.15) is 0 Å². The Bertz CT molecular complexity index is 373. The maximum Gasteiger partial charge on any atom is 0.161 e. The van der Waals surface area contributed by atoms with Crippen LogP contribution in [0.4, 0.5) is 0 Å². The topological polar surface area (TPSA) is 35.1 Å². The van der Waals surface area contributed by atoms with Gasteiger partial charge in [0.2, 0.25) is 0 Å². The van der Waals surface area contributed by atoms with Gasteiger partial charge in [0.15, 0.2) is 11.5 Å². The van der Waals surface area contributed by atoms with Crippen LogP contribution < -0.4 is 14.8 Å². The average Bonchev–Trinajstić information content (AvgIpc) is 2.90. The number of nitrogens with two attached hydrogens (primary N) is 1. The van der Waals surface area contributed by atoms with Crippen LogP contribution in [0, 0.1) is 0 Å². The van der Waals surface area contributed by atoms with Gasteiger partial charge in [0.25, 0.3) is 0 Å². The minimum atomic E-state index is 0.673. The van der Waals surface area contributed by atoms with Gasteiger partial charge in [-0.25, -0.2) is 0 Å². The van der Waals surface area contributed by atoms with Crippen LogP contribution in [0.3, 0.4) is 0 Å². The van der Waals surface area contributed by atoms with Gasteiger partial charge in [-0.15, -0.1) is 0 Å². The van der Waals surface area contributed by atoms with Crippen LogP contribution in [0.25, 0.3) is 0 Å². The van der Waals surface area contributed by atoms with Crippen LogP contribution in [0.2, 0.25) is 0 Å². The highest BCUT2D eigenvalue weighted by molar-refractivity contribution is 5.42. The van der Waals surface area contributed by atoms with E-state index in [1.165, 1.54) is 31.2 Å². The highest BCUT2D eigenvalue weighted by Gasteiger charge is 2.17. The van der Waals surface area contributed by atoms with E-state index in [9.17, 15) is 0 Å². The fourth-order valence-corrected chi connectivity index (χ4v) is 2.61. The first kappa shape index (κ1) is 13.2. The largest absolute Gasteiger partial charge is 0.493 e. The highest BCUT2D eigenvalue weighted by Crippen LogP contribution is 2.27. The number of ether oxygens (including phenoxy) is 2. The lowest BCUT2D eigenvalue weighted by molar-refractivity contribution is -0.703. The fourth-order valence-electron chi connectivity index (χ4n) is 2.61. The second-order valence-electron chi connectivity index (χ2n) is 4.90. The minimum absolute atomic E-state index is 0.673. The first-order valence-corrected chi connectivity index (χ1v) is 6.96. The predicted octanol–water partition coefficient (Wildman–Crippen LogP) is 2.10. The van der Waals surface area contributed by atoms with Gasteiger partial charge < -0.3 is 14.8 Å². The van der Waals surface area contributed by atoms with Crippen LogP contribution in [0.15, 0.2) is 18.2 Å². The number of methoxy groups -OCH3 is 1. The molecule has 0 radical (unpaired) electrons. The molecule has 100 valence electrons. The molecule has 0 atom stereocenters. The van der Waals surface area contributed by atoms with Gasteiger partial charge in [0.1, 0.15) is 6.54 Å². The fraction of sp³-hybridized carbons (Fsp3) is 0.600. The van der Waals surface area contributed by atoms with Gasteiger partial charge in [0, 0.05) is 5.56 Å². The van der Waals surface area contributed by atoms with Crippen LogP contribution in [0.1, 0.15) is 38.2 Å². The molecule has 18 heavy (non-hydrogen) atoms. The van der Waals surface area contributed by atoms with Crippen molar-refractivity contribution in [3.63, 3.8) is 0 Å². The Balaban J connectivity index is 1.96. The zero-order chi connectivity index (χ0) is 12.8. The lowest BCUT2D eigenvalue weighted by atomic mass is 10.1. The molecular weight excluding hydrogens is 226 g/mol. The van der Waals surface area contributed by atoms with E-state index in [1.54, 1.807) is 7.11 Å². The summed E-state index contributed by atoms with van der Waals surface area (Å²) in [5, 5.41) is 2.46. The third-order valence-corrected chi connectivity index (χ3v) is 3.61. The van der Waals surface area contributed by atoms with Gasteiger partial charge in [0.05, 0.1) is 19.8 Å². The Morgan fingerprint density at radius 3 is 2.67 bits per heavy atom. The molecule has 1 aromatic carbocycles. The summed E-state index contributed by atoms with van der Waals surface area (Å²) >= 11 is 0. The van der Waals surface area contributed by atoms with E-state index in [4.69, 9.17) is 9.47 Å². The summed E-state index contributed by atoms with van der Waals surface area (Å²) < 4.78 is 10.9. The Labute approximate surface area is 109 Å². The average molecular weight is 250 g/mol. The molecule has 2 N–H and O–H groups in total. The number of benzene rings is 1. The minimum Gasteiger partial charge on any atom is -0.493 e. The van der Waals surface area contributed by atoms with E-state index in [2.05, 4.69) is 17.4 Å². The van der Waals surface area contributed by atoms with Crippen molar-refractivity contribution in [3.8, 4) is 11.5 Å². The molecule has 1 saturated carbocycles. The SMILES string of the molecule is CCOc1cc(C[NH2+]C2CCCC2)ccc1OC. The second-order valence-corrected chi connectivity index (χ2v) is 4.90. The van der Waals surface area contributed by atoms with Crippen molar-refractivity contribution < 1.29 is 14.8 Å². The van der Waals surface area contributed by atoms with E-state index in [0.29, 0.717) is 6.61 Å². The molecule has 1 aliphatic carbocycles. The standard InChI is InChI=1S/C15H23NO2/c1-3-18-15-10-12(8-9-14(15)17-2)11-16-13-6-4-5-7-13/h8-10,13,16H,3-7,11H2,1-2H3/p+1. The maximum atomic E-state index is 5.60. The van der Waals surface area contributed by atoms with Gasteiger partial charge in [-0.05, 0) is 50.8 Å². The van der Waals surface area contributed by atoms with E-state index < -0.39 is 0 Å². The molecule has 0 bridgehead atoms. The maximum absolute atomic E-state index is 5.60. The monoisotopic (exact) mass is 250 g/mol. The lowest BCUT2D eigenvalue weighted by Gasteiger charge is -2.12. The van der Waals surface area contributed by atoms with Crippen LogP contribution in [0.5, 0.6) is 11.5 Å². The van der Waals surface area contributed by atoms with E-state index in [0.717, 1.165) is 24.1 Å². The second kappa shape index (κ2) is 6.64. The lowest BCUT2D eigenvalue weighted by Crippen LogP contribution is -2.87. The van der Waals surface area contributed by atoms with E-state index in [-0.39, 0.29) is 0 Å². The Hall–Kier alpha value is -1.22. The first-order valence-electron chi connectivity index (χ1n) is 6.96. The summed E-state index contributed by atoms with van der Waals surface area (Å²) in [5.74, 6) is 1.68. The number of hydrogen-bond acceptors (Lipinski definition) is 2. The molecule has 0 heterocycles. The van der Waals surface area contributed by atoms with Crippen LogP contribution in [-0.4, -0.2) is 19.8 Å². The van der Waals surface area contributed by atoms with Crippen molar-refractivity contribution in [2.45, 2.75) is 45.2 Å². The summed E-state index contributed by atoms with van der Waals surface area (Å²) in [4.78, 5) is 0. The molecular formula is C15H24NO2+. The van der Waals surface area contributed by atoms with Gasteiger partial charge >= 0.3 is 0 Å². The van der Waals surface area contributed by atoms with Gasteiger partial charge in [-0.3, -0.25) is 0 Å². The smallest absolute Gasteiger partial charge is 0.161 e. The predicted molar refractivity (Wildman–Crippen MR) is 72.0 cm³/mol. The van der Waals surface area contributed by atoms with Crippen molar-refractivity contribution in [1.29, 1.82) is 0 Å². The molecule has 3 nitrogen and oxygen atoms in total. The van der Waals surface area contributed by atoms with E-state index in [1.807, 2.05) is 13.0 Å². The molecule has 0 aliphatic heterocycles. The van der Waals surface area contributed by atoms with Crippen molar-refractivity contribution in [1.82, 2.24) is 0 Å².